The summed E-state index contributed by atoms with van der Waals surface area (Å²) in [4.78, 5) is 12.6. The van der Waals surface area contributed by atoms with Crippen LogP contribution in [0.1, 0.15) is 12.2 Å². The molecule has 1 aliphatic rings. The zero-order valence-electron chi connectivity index (χ0n) is 10.1. The molecule has 0 amide bonds. The van der Waals surface area contributed by atoms with Crippen molar-refractivity contribution in [2.45, 2.75) is 25.4 Å². The number of aromatic nitrogens is 5. The molecule has 7 nitrogen and oxygen atoms in total. The second kappa shape index (κ2) is 4.59. The first-order valence-corrected chi connectivity index (χ1v) is 5.85. The predicted octanol–water partition coefficient (Wildman–Crippen LogP) is 0.504. The van der Waals surface area contributed by atoms with E-state index < -0.39 is 0 Å². The molecule has 2 aromatic rings. The fourth-order valence-electron chi connectivity index (χ4n) is 2.06. The van der Waals surface area contributed by atoms with Gasteiger partial charge in [-0.1, -0.05) is 0 Å². The first kappa shape index (κ1) is 10.9. The smallest absolute Gasteiger partial charge is 0.226 e. The third-order valence-corrected chi connectivity index (χ3v) is 2.98. The Bertz CT molecular complexity index is 540. The van der Waals surface area contributed by atoms with Gasteiger partial charge >= 0.3 is 0 Å². The molecule has 0 aromatic carbocycles. The molecule has 0 radical (unpaired) electrons. The van der Waals surface area contributed by atoms with Crippen LogP contribution in [0.5, 0.6) is 5.88 Å². The standard InChI is InChI=1S/C11H14N6O/c1-18-10-4-5-12-11(16-10)15-8-2-3-9-13-7-14-17(9)6-8/h4-5,7-8H,2-3,6H2,1H3,(H,12,15,16)/t8-/m1/s1. The van der Waals surface area contributed by atoms with Crippen molar-refractivity contribution in [3.8, 4) is 5.88 Å². The van der Waals surface area contributed by atoms with Crippen molar-refractivity contribution in [1.82, 2.24) is 24.7 Å². The van der Waals surface area contributed by atoms with Crippen molar-refractivity contribution >= 4 is 5.95 Å². The average molecular weight is 246 g/mol. The van der Waals surface area contributed by atoms with Crippen molar-refractivity contribution in [1.29, 1.82) is 0 Å². The number of hydrogen-bond donors (Lipinski definition) is 1. The summed E-state index contributed by atoms with van der Waals surface area (Å²) in [6.45, 7) is 0.788. The van der Waals surface area contributed by atoms with E-state index in [4.69, 9.17) is 4.74 Å². The lowest BCUT2D eigenvalue weighted by Gasteiger charge is -2.23. The van der Waals surface area contributed by atoms with Crippen LogP contribution in [0.3, 0.4) is 0 Å². The van der Waals surface area contributed by atoms with Crippen LogP contribution in [0.2, 0.25) is 0 Å². The predicted molar refractivity (Wildman–Crippen MR) is 64.3 cm³/mol. The summed E-state index contributed by atoms with van der Waals surface area (Å²) in [5.41, 5.74) is 0. The lowest BCUT2D eigenvalue weighted by molar-refractivity contribution is 0.396. The van der Waals surface area contributed by atoms with E-state index in [1.807, 2.05) is 4.68 Å². The topological polar surface area (TPSA) is 77.8 Å². The van der Waals surface area contributed by atoms with E-state index in [0.717, 1.165) is 25.2 Å². The molecule has 0 saturated carbocycles. The maximum atomic E-state index is 5.07. The number of methoxy groups -OCH3 is 1. The molecule has 0 unspecified atom stereocenters. The lowest BCUT2D eigenvalue weighted by atomic mass is 10.1. The van der Waals surface area contributed by atoms with Gasteiger partial charge in [-0.2, -0.15) is 10.1 Å². The molecule has 0 aliphatic carbocycles. The summed E-state index contributed by atoms with van der Waals surface area (Å²) >= 11 is 0. The molecule has 1 atom stereocenters. The van der Waals surface area contributed by atoms with Crippen LogP contribution in [0, 0.1) is 0 Å². The molecule has 1 aliphatic heterocycles. The Kier molecular flexibility index (Phi) is 2.79. The highest BCUT2D eigenvalue weighted by molar-refractivity contribution is 5.29. The average Bonchev–Trinajstić information content (AvgIpc) is 2.86. The summed E-state index contributed by atoms with van der Waals surface area (Å²) in [6.07, 6.45) is 5.19. The van der Waals surface area contributed by atoms with Crippen LogP contribution < -0.4 is 10.1 Å². The van der Waals surface area contributed by atoms with Gasteiger partial charge in [0.05, 0.1) is 13.7 Å². The minimum Gasteiger partial charge on any atom is -0.481 e. The van der Waals surface area contributed by atoms with Gasteiger partial charge in [-0.05, 0) is 6.42 Å². The monoisotopic (exact) mass is 246 g/mol. The second-order valence-corrected chi connectivity index (χ2v) is 4.16. The molecule has 1 N–H and O–H groups in total. The molecule has 3 heterocycles. The van der Waals surface area contributed by atoms with Gasteiger partial charge < -0.3 is 10.1 Å². The van der Waals surface area contributed by atoms with Crippen LogP contribution in [-0.4, -0.2) is 37.9 Å². The number of aryl methyl sites for hydroxylation is 1. The summed E-state index contributed by atoms with van der Waals surface area (Å²) in [5, 5.41) is 7.48. The SMILES string of the molecule is COc1ccnc(N[C@@H]2CCc3ncnn3C2)n1. The van der Waals surface area contributed by atoms with Crippen LogP contribution in [0.25, 0.3) is 0 Å². The van der Waals surface area contributed by atoms with E-state index in [0.29, 0.717) is 11.8 Å². The Morgan fingerprint density at radius 3 is 3.28 bits per heavy atom. The highest BCUT2D eigenvalue weighted by Crippen LogP contribution is 2.15. The minimum atomic E-state index is 0.270. The van der Waals surface area contributed by atoms with E-state index in [1.165, 1.54) is 0 Å². The molecular weight excluding hydrogens is 232 g/mol. The fraction of sp³-hybridized carbons (Fsp3) is 0.455. The fourth-order valence-corrected chi connectivity index (χ4v) is 2.06. The van der Waals surface area contributed by atoms with E-state index in [2.05, 4.69) is 25.4 Å². The summed E-state index contributed by atoms with van der Waals surface area (Å²) in [7, 11) is 1.59. The van der Waals surface area contributed by atoms with Gasteiger partial charge in [-0.3, -0.25) is 0 Å². The molecule has 7 heteroatoms. The van der Waals surface area contributed by atoms with Gasteiger partial charge in [0, 0.05) is 24.7 Å². The van der Waals surface area contributed by atoms with Crippen LogP contribution in [0.4, 0.5) is 5.95 Å². The van der Waals surface area contributed by atoms with Crippen molar-refractivity contribution < 1.29 is 4.74 Å². The largest absolute Gasteiger partial charge is 0.481 e. The summed E-state index contributed by atoms with van der Waals surface area (Å²) in [5.74, 6) is 2.19. The highest BCUT2D eigenvalue weighted by Gasteiger charge is 2.20. The van der Waals surface area contributed by atoms with E-state index >= 15 is 0 Å². The Morgan fingerprint density at radius 2 is 2.39 bits per heavy atom. The van der Waals surface area contributed by atoms with Gasteiger partial charge in [-0.15, -0.1) is 0 Å². The third kappa shape index (κ3) is 2.11. The van der Waals surface area contributed by atoms with Crippen molar-refractivity contribution in [2.75, 3.05) is 12.4 Å². The number of nitrogens with zero attached hydrogens (tertiary/aromatic N) is 5. The summed E-state index contributed by atoms with van der Waals surface area (Å²) < 4.78 is 6.99. The number of ether oxygens (including phenoxy) is 1. The molecule has 0 fully saturated rings. The first-order chi connectivity index (χ1) is 8.85. The van der Waals surface area contributed by atoms with Gasteiger partial charge in [0.25, 0.3) is 0 Å². The molecule has 3 rings (SSSR count). The van der Waals surface area contributed by atoms with E-state index in [-0.39, 0.29) is 6.04 Å². The third-order valence-electron chi connectivity index (χ3n) is 2.98. The maximum absolute atomic E-state index is 5.07. The van der Waals surface area contributed by atoms with Crippen molar-refractivity contribution in [3.63, 3.8) is 0 Å². The Labute approximate surface area is 104 Å². The lowest BCUT2D eigenvalue weighted by Crippen LogP contribution is -2.32. The molecule has 94 valence electrons. The van der Waals surface area contributed by atoms with Crippen molar-refractivity contribution in [3.05, 3.63) is 24.4 Å². The normalized spacial score (nSPS) is 18.2. The molecular formula is C11H14N6O. The molecule has 0 saturated heterocycles. The highest BCUT2D eigenvalue weighted by atomic mass is 16.5. The maximum Gasteiger partial charge on any atom is 0.226 e. The quantitative estimate of drug-likeness (QED) is 0.850. The zero-order valence-corrected chi connectivity index (χ0v) is 10.1. The van der Waals surface area contributed by atoms with E-state index in [1.54, 1.807) is 25.7 Å². The second-order valence-electron chi connectivity index (χ2n) is 4.16. The zero-order chi connectivity index (χ0) is 12.4. The van der Waals surface area contributed by atoms with Crippen molar-refractivity contribution in [2.24, 2.45) is 0 Å². The molecule has 0 spiro atoms. The van der Waals surface area contributed by atoms with Gasteiger partial charge in [-0.25, -0.2) is 14.6 Å². The van der Waals surface area contributed by atoms with Crippen LogP contribution in [0.15, 0.2) is 18.6 Å². The number of nitrogens with one attached hydrogen (secondary N) is 1. The number of fused-ring (bicyclic) bond motifs is 1. The first-order valence-electron chi connectivity index (χ1n) is 5.85. The number of anilines is 1. The van der Waals surface area contributed by atoms with Gasteiger partial charge in [0.2, 0.25) is 11.8 Å². The molecule has 0 bridgehead atoms. The number of hydrogen-bond acceptors (Lipinski definition) is 6. The Hall–Kier alpha value is -2.18. The van der Waals surface area contributed by atoms with Gasteiger partial charge in [0.15, 0.2) is 0 Å². The van der Waals surface area contributed by atoms with Crippen LogP contribution in [-0.2, 0) is 13.0 Å². The molecule has 18 heavy (non-hydrogen) atoms. The minimum absolute atomic E-state index is 0.270. The Balaban J connectivity index is 1.70. The number of rotatable bonds is 3. The van der Waals surface area contributed by atoms with Gasteiger partial charge in [0.1, 0.15) is 12.2 Å². The summed E-state index contributed by atoms with van der Waals surface area (Å²) in [6, 6.07) is 1.99. The van der Waals surface area contributed by atoms with Crippen LogP contribution >= 0.6 is 0 Å². The Morgan fingerprint density at radius 1 is 1.44 bits per heavy atom. The van der Waals surface area contributed by atoms with E-state index in [9.17, 15) is 0 Å². The molecule has 2 aromatic heterocycles.